The Hall–Kier alpha value is -1.13. The Balaban J connectivity index is 2.30. The number of aromatic nitrogens is 1. The van der Waals surface area contributed by atoms with Gasteiger partial charge in [-0.15, -0.1) is 0 Å². The van der Waals surface area contributed by atoms with Crippen molar-refractivity contribution in [3.05, 3.63) is 24.0 Å². The fourth-order valence-electron chi connectivity index (χ4n) is 1.39. The first kappa shape index (κ1) is 13.9. The second kappa shape index (κ2) is 7.25. The summed E-state index contributed by atoms with van der Waals surface area (Å²) in [4.78, 5) is 4.29. The van der Waals surface area contributed by atoms with Crippen LogP contribution in [-0.2, 0) is 11.2 Å². The van der Waals surface area contributed by atoms with Crippen LogP contribution in [0.5, 0.6) is 5.75 Å². The standard InChI is InChI=1S/C13H22N2O2/c1-10(2)16-6-7-17-13-5-4-12(15-9-13)8-11(3)14/h4-5,9-11H,6-8,14H2,1-3H3. The maximum absolute atomic E-state index is 5.70. The molecule has 17 heavy (non-hydrogen) atoms. The molecule has 1 aromatic rings. The summed E-state index contributed by atoms with van der Waals surface area (Å²) in [6.07, 6.45) is 2.76. The van der Waals surface area contributed by atoms with E-state index in [1.54, 1.807) is 6.20 Å². The summed E-state index contributed by atoms with van der Waals surface area (Å²) in [5, 5.41) is 0. The smallest absolute Gasteiger partial charge is 0.137 e. The monoisotopic (exact) mass is 238 g/mol. The van der Waals surface area contributed by atoms with E-state index in [4.69, 9.17) is 15.2 Å². The zero-order valence-electron chi connectivity index (χ0n) is 10.8. The third-order valence-corrected chi connectivity index (χ3v) is 2.13. The number of ether oxygens (including phenoxy) is 2. The van der Waals surface area contributed by atoms with Crippen LogP contribution in [-0.4, -0.2) is 30.3 Å². The highest BCUT2D eigenvalue weighted by atomic mass is 16.5. The van der Waals surface area contributed by atoms with Crippen molar-refractivity contribution in [3.63, 3.8) is 0 Å². The summed E-state index contributed by atoms with van der Waals surface area (Å²) in [6, 6.07) is 4.00. The van der Waals surface area contributed by atoms with Crippen molar-refractivity contribution in [2.45, 2.75) is 39.3 Å². The quantitative estimate of drug-likeness (QED) is 0.736. The molecule has 0 fully saturated rings. The Bertz CT molecular complexity index is 310. The average molecular weight is 238 g/mol. The summed E-state index contributed by atoms with van der Waals surface area (Å²) in [6.45, 7) is 7.12. The van der Waals surface area contributed by atoms with Gasteiger partial charge in [0.05, 0.1) is 18.9 Å². The van der Waals surface area contributed by atoms with Gasteiger partial charge in [-0.05, 0) is 32.9 Å². The van der Waals surface area contributed by atoms with Gasteiger partial charge in [0.25, 0.3) is 0 Å². The number of hydrogen-bond donors (Lipinski definition) is 1. The predicted molar refractivity (Wildman–Crippen MR) is 68.2 cm³/mol. The molecule has 0 spiro atoms. The van der Waals surface area contributed by atoms with E-state index in [9.17, 15) is 0 Å². The molecule has 0 saturated heterocycles. The number of pyridine rings is 1. The molecule has 96 valence electrons. The van der Waals surface area contributed by atoms with Gasteiger partial charge in [-0.1, -0.05) is 0 Å². The molecule has 1 heterocycles. The zero-order valence-corrected chi connectivity index (χ0v) is 10.8. The average Bonchev–Trinajstić information content (AvgIpc) is 2.25. The molecule has 4 heteroatoms. The Labute approximate surface area is 103 Å². The fourth-order valence-corrected chi connectivity index (χ4v) is 1.39. The lowest BCUT2D eigenvalue weighted by Crippen LogP contribution is -2.18. The van der Waals surface area contributed by atoms with Gasteiger partial charge in [-0.3, -0.25) is 4.98 Å². The SMILES string of the molecule is CC(N)Cc1ccc(OCCOC(C)C)cn1. The minimum atomic E-state index is 0.133. The third-order valence-electron chi connectivity index (χ3n) is 2.13. The van der Waals surface area contributed by atoms with Crippen LogP contribution in [0.15, 0.2) is 18.3 Å². The summed E-state index contributed by atoms with van der Waals surface area (Å²) in [5.41, 5.74) is 6.69. The molecule has 1 rings (SSSR count). The summed E-state index contributed by atoms with van der Waals surface area (Å²) in [5.74, 6) is 0.769. The Morgan fingerprint density at radius 1 is 1.24 bits per heavy atom. The normalized spacial score (nSPS) is 12.8. The largest absolute Gasteiger partial charge is 0.490 e. The molecule has 1 aromatic heterocycles. The molecule has 2 N–H and O–H groups in total. The Morgan fingerprint density at radius 3 is 2.53 bits per heavy atom. The lowest BCUT2D eigenvalue weighted by atomic mass is 10.2. The molecule has 0 aliphatic carbocycles. The molecule has 1 unspecified atom stereocenters. The van der Waals surface area contributed by atoms with Crippen molar-refractivity contribution in [1.82, 2.24) is 4.98 Å². The van der Waals surface area contributed by atoms with Crippen LogP contribution in [0.25, 0.3) is 0 Å². The van der Waals surface area contributed by atoms with Gasteiger partial charge in [0.15, 0.2) is 0 Å². The van der Waals surface area contributed by atoms with Gasteiger partial charge in [0.1, 0.15) is 12.4 Å². The molecule has 0 radical (unpaired) electrons. The van der Waals surface area contributed by atoms with Crippen LogP contribution in [0.1, 0.15) is 26.5 Å². The molecular weight excluding hydrogens is 216 g/mol. The molecule has 1 atom stereocenters. The molecule has 0 aromatic carbocycles. The van der Waals surface area contributed by atoms with Crippen LogP contribution < -0.4 is 10.5 Å². The highest BCUT2D eigenvalue weighted by molar-refractivity contribution is 5.20. The molecule has 0 saturated carbocycles. The van der Waals surface area contributed by atoms with Crippen molar-refractivity contribution in [1.29, 1.82) is 0 Å². The van der Waals surface area contributed by atoms with E-state index in [1.165, 1.54) is 0 Å². The van der Waals surface area contributed by atoms with E-state index in [0.717, 1.165) is 17.9 Å². The molecular formula is C13H22N2O2. The topological polar surface area (TPSA) is 57.4 Å². The Morgan fingerprint density at radius 2 is 2.00 bits per heavy atom. The summed E-state index contributed by atoms with van der Waals surface area (Å²) < 4.78 is 10.9. The molecule has 0 aliphatic heterocycles. The van der Waals surface area contributed by atoms with E-state index in [-0.39, 0.29) is 12.1 Å². The third kappa shape index (κ3) is 6.24. The molecule has 0 amide bonds. The first-order valence-corrected chi connectivity index (χ1v) is 6.03. The predicted octanol–water partition coefficient (Wildman–Crippen LogP) is 1.78. The number of rotatable bonds is 7. The van der Waals surface area contributed by atoms with Crippen LogP contribution >= 0.6 is 0 Å². The minimum Gasteiger partial charge on any atom is -0.490 e. The van der Waals surface area contributed by atoms with Crippen molar-refractivity contribution >= 4 is 0 Å². The van der Waals surface area contributed by atoms with E-state index >= 15 is 0 Å². The number of nitrogens with two attached hydrogens (primary N) is 1. The lowest BCUT2D eigenvalue weighted by Gasteiger charge is -2.09. The first-order valence-electron chi connectivity index (χ1n) is 6.03. The zero-order chi connectivity index (χ0) is 12.7. The van der Waals surface area contributed by atoms with Crippen molar-refractivity contribution in [2.75, 3.05) is 13.2 Å². The minimum absolute atomic E-state index is 0.133. The van der Waals surface area contributed by atoms with Crippen LogP contribution in [0.2, 0.25) is 0 Å². The van der Waals surface area contributed by atoms with Crippen LogP contribution in [0.4, 0.5) is 0 Å². The fraction of sp³-hybridized carbons (Fsp3) is 0.615. The van der Waals surface area contributed by atoms with Gasteiger partial charge in [-0.25, -0.2) is 0 Å². The van der Waals surface area contributed by atoms with Crippen molar-refractivity contribution in [2.24, 2.45) is 5.73 Å². The maximum Gasteiger partial charge on any atom is 0.137 e. The van der Waals surface area contributed by atoms with Gasteiger partial charge in [0.2, 0.25) is 0 Å². The van der Waals surface area contributed by atoms with E-state index in [2.05, 4.69) is 4.98 Å². The van der Waals surface area contributed by atoms with E-state index in [0.29, 0.717) is 13.2 Å². The highest BCUT2D eigenvalue weighted by Crippen LogP contribution is 2.10. The summed E-state index contributed by atoms with van der Waals surface area (Å²) >= 11 is 0. The van der Waals surface area contributed by atoms with Gasteiger partial charge in [-0.2, -0.15) is 0 Å². The Kier molecular flexibility index (Phi) is 5.94. The van der Waals surface area contributed by atoms with E-state index in [1.807, 2.05) is 32.9 Å². The van der Waals surface area contributed by atoms with Crippen molar-refractivity contribution in [3.8, 4) is 5.75 Å². The second-order valence-corrected chi connectivity index (χ2v) is 4.43. The van der Waals surface area contributed by atoms with E-state index < -0.39 is 0 Å². The number of nitrogens with zero attached hydrogens (tertiary/aromatic N) is 1. The maximum atomic E-state index is 5.70. The van der Waals surface area contributed by atoms with Gasteiger partial charge in [0, 0.05) is 18.2 Å². The molecule has 0 aliphatic rings. The van der Waals surface area contributed by atoms with Gasteiger partial charge < -0.3 is 15.2 Å². The van der Waals surface area contributed by atoms with Gasteiger partial charge >= 0.3 is 0 Å². The first-order chi connectivity index (χ1) is 8.08. The molecule has 0 bridgehead atoms. The highest BCUT2D eigenvalue weighted by Gasteiger charge is 2.00. The van der Waals surface area contributed by atoms with Crippen LogP contribution in [0, 0.1) is 0 Å². The van der Waals surface area contributed by atoms with Crippen molar-refractivity contribution < 1.29 is 9.47 Å². The number of hydrogen-bond acceptors (Lipinski definition) is 4. The molecule has 4 nitrogen and oxygen atoms in total. The summed E-state index contributed by atoms with van der Waals surface area (Å²) in [7, 11) is 0. The van der Waals surface area contributed by atoms with Crippen LogP contribution in [0.3, 0.4) is 0 Å². The lowest BCUT2D eigenvalue weighted by molar-refractivity contribution is 0.0552. The second-order valence-electron chi connectivity index (χ2n) is 4.43.